The monoisotopic (exact) mass is 314 g/mol. The Morgan fingerprint density at radius 2 is 2.10 bits per heavy atom. The highest BCUT2D eigenvalue weighted by molar-refractivity contribution is 7.09. The Bertz CT molecular complexity index is 474. The Morgan fingerprint density at radius 3 is 2.62 bits per heavy atom. The minimum absolute atomic E-state index is 0.00518. The summed E-state index contributed by atoms with van der Waals surface area (Å²) < 4.78 is 0. The maximum atomic E-state index is 11.7. The van der Waals surface area contributed by atoms with E-state index >= 15 is 0 Å². The lowest BCUT2D eigenvalue weighted by Crippen LogP contribution is -2.41. The highest BCUT2D eigenvalue weighted by atomic mass is 32.1. The summed E-state index contributed by atoms with van der Waals surface area (Å²) in [4.78, 5) is 28.7. The van der Waals surface area contributed by atoms with Crippen LogP contribution in [0, 0.1) is 0 Å². The van der Waals surface area contributed by atoms with Crippen molar-refractivity contribution >= 4 is 23.3 Å². The molecule has 0 fully saturated rings. The van der Waals surface area contributed by atoms with Crippen molar-refractivity contribution in [3.63, 3.8) is 0 Å². The SMILES string of the molecule is CCN(CC)CCNC(=O)NC(C)c1nc(C(=O)O)cs1. The Kier molecular flexibility index (Phi) is 7.10. The highest BCUT2D eigenvalue weighted by Crippen LogP contribution is 2.17. The zero-order valence-electron chi connectivity index (χ0n) is 12.5. The van der Waals surface area contributed by atoms with Gasteiger partial charge in [0.25, 0.3) is 0 Å². The molecule has 118 valence electrons. The van der Waals surface area contributed by atoms with Gasteiger partial charge in [-0.15, -0.1) is 11.3 Å². The van der Waals surface area contributed by atoms with Crippen LogP contribution in [0.15, 0.2) is 5.38 Å². The van der Waals surface area contributed by atoms with E-state index < -0.39 is 5.97 Å². The maximum Gasteiger partial charge on any atom is 0.355 e. The quantitative estimate of drug-likeness (QED) is 0.676. The van der Waals surface area contributed by atoms with Crippen molar-refractivity contribution in [2.24, 2.45) is 0 Å². The summed E-state index contributed by atoms with van der Waals surface area (Å²) in [6.07, 6.45) is 0. The fourth-order valence-electron chi connectivity index (χ4n) is 1.76. The lowest BCUT2D eigenvalue weighted by Gasteiger charge is -2.18. The van der Waals surface area contributed by atoms with Gasteiger partial charge in [-0.3, -0.25) is 0 Å². The topological polar surface area (TPSA) is 94.6 Å². The molecule has 1 heterocycles. The Hall–Kier alpha value is -1.67. The number of carbonyl (C=O) groups excluding carboxylic acids is 1. The molecule has 1 aromatic rings. The number of nitrogens with one attached hydrogen (secondary N) is 2. The van der Waals surface area contributed by atoms with Crippen LogP contribution in [0.2, 0.25) is 0 Å². The number of likely N-dealkylation sites (N-methyl/N-ethyl adjacent to an activating group) is 1. The summed E-state index contributed by atoms with van der Waals surface area (Å²) in [5.41, 5.74) is 0.00518. The van der Waals surface area contributed by atoms with Crippen LogP contribution in [-0.2, 0) is 0 Å². The molecule has 7 nitrogen and oxygen atoms in total. The number of urea groups is 1. The molecule has 0 bridgehead atoms. The van der Waals surface area contributed by atoms with E-state index in [1.807, 2.05) is 0 Å². The zero-order chi connectivity index (χ0) is 15.8. The van der Waals surface area contributed by atoms with Gasteiger partial charge in [-0.25, -0.2) is 14.6 Å². The third kappa shape index (κ3) is 5.68. The molecule has 1 unspecified atom stereocenters. The van der Waals surface area contributed by atoms with Gasteiger partial charge in [-0.2, -0.15) is 0 Å². The maximum absolute atomic E-state index is 11.7. The van der Waals surface area contributed by atoms with Gasteiger partial charge in [0.1, 0.15) is 5.01 Å². The van der Waals surface area contributed by atoms with E-state index in [9.17, 15) is 9.59 Å². The first-order chi connectivity index (χ1) is 9.97. The largest absolute Gasteiger partial charge is 0.476 e. The first-order valence-corrected chi connectivity index (χ1v) is 7.81. The molecule has 0 saturated carbocycles. The van der Waals surface area contributed by atoms with E-state index in [0.29, 0.717) is 11.6 Å². The number of rotatable bonds is 8. The van der Waals surface area contributed by atoms with E-state index in [2.05, 4.69) is 34.4 Å². The molecule has 1 atom stereocenters. The summed E-state index contributed by atoms with van der Waals surface area (Å²) in [6.45, 7) is 9.20. The van der Waals surface area contributed by atoms with E-state index in [1.165, 1.54) is 16.7 Å². The number of hydrogen-bond acceptors (Lipinski definition) is 5. The van der Waals surface area contributed by atoms with Crippen LogP contribution in [0.1, 0.15) is 42.3 Å². The summed E-state index contributed by atoms with van der Waals surface area (Å²) in [5.74, 6) is -1.06. The fraction of sp³-hybridized carbons (Fsp3) is 0.615. The fourth-order valence-corrected chi connectivity index (χ4v) is 2.56. The van der Waals surface area contributed by atoms with Crippen molar-refractivity contribution in [3.05, 3.63) is 16.1 Å². The number of carboxylic acids is 1. The molecular weight excluding hydrogens is 292 g/mol. The lowest BCUT2D eigenvalue weighted by molar-refractivity contribution is 0.0691. The smallest absolute Gasteiger partial charge is 0.355 e. The molecule has 1 rings (SSSR count). The molecule has 1 aromatic heterocycles. The highest BCUT2D eigenvalue weighted by Gasteiger charge is 2.15. The summed E-state index contributed by atoms with van der Waals surface area (Å²) in [7, 11) is 0. The molecule has 8 heteroatoms. The predicted octanol–water partition coefficient (Wildman–Crippen LogP) is 1.54. The number of carbonyl (C=O) groups is 2. The van der Waals surface area contributed by atoms with Crippen molar-refractivity contribution in [1.82, 2.24) is 20.5 Å². The number of aromatic carboxylic acids is 1. The third-order valence-electron chi connectivity index (χ3n) is 3.07. The normalized spacial score (nSPS) is 12.2. The number of amides is 2. The number of carboxylic acid groups (broad SMARTS) is 1. The standard InChI is InChI=1S/C13H22N4O3S/c1-4-17(5-2)7-6-14-13(20)15-9(3)11-16-10(8-21-11)12(18)19/h8-9H,4-7H2,1-3H3,(H,18,19)(H2,14,15,20). The van der Waals surface area contributed by atoms with E-state index in [-0.39, 0.29) is 17.8 Å². The van der Waals surface area contributed by atoms with Crippen LogP contribution >= 0.6 is 11.3 Å². The number of thiazole rings is 1. The predicted molar refractivity (Wildman–Crippen MR) is 81.8 cm³/mol. The molecule has 0 saturated heterocycles. The second-order valence-electron chi connectivity index (χ2n) is 4.52. The number of hydrogen-bond donors (Lipinski definition) is 3. The van der Waals surface area contributed by atoms with Crippen molar-refractivity contribution in [3.8, 4) is 0 Å². The van der Waals surface area contributed by atoms with Crippen LogP contribution in [0.5, 0.6) is 0 Å². The van der Waals surface area contributed by atoms with Crippen molar-refractivity contribution < 1.29 is 14.7 Å². The summed E-state index contributed by atoms with van der Waals surface area (Å²) in [6, 6.07) is -0.599. The average molecular weight is 314 g/mol. The van der Waals surface area contributed by atoms with Gasteiger partial charge in [-0.05, 0) is 20.0 Å². The van der Waals surface area contributed by atoms with Gasteiger partial charge in [0, 0.05) is 18.5 Å². The molecular formula is C13H22N4O3S. The van der Waals surface area contributed by atoms with Crippen LogP contribution in [0.3, 0.4) is 0 Å². The van der Waals surface area contributed by atoms with Crippen molar-refractivity contribution in [2.75, 3.05) is 26.2 Å². The Morgan fingerprint density at radius 1 is 1.43 bits per heavy atom. The minimum atomic E-state index is -1.06. The molecule has 0 aliphatic carbocycles. The lowest BCUT2D eigenvalue weighted by atomic mass is 10.3. The van der Waals surface area contributed by atoms with Gasteiger partial charge < -0.3 is 20.6 Å². The second-order valence-corrected chi connectivity index (χ2v) is 5.41. The van der Waals surface area contributed by atoms with Gasteiger partial charge in [0.15, 0.2) is 5.69 Å². The van der Waals surface area contributed by atoms with Crippen LogP contribution < -0.4 is 10.6 Å². The molecule has 0 spiro atoms. The molecule has 3 N–H and O–H groups in total. The first-order valence-electron chi connectivity index (χ1n) is 6.93. The average Bonchev–Trinajstić information content (AvgIpc) is 2.93. The Balaban J connectivity index is 2.37. The van der Waals surface area contributed by atoms with Gasteiger partial charge in [-0.1, -0.05) is 13.8 Å². The van der Waals surface area contributed by atoms with Gasteiger partial charge >= 0.3 is 12.0 Å². The summed E-state index contributed by atoms with van der Waals surface area (Å²) >= 11 is 1.22. The second kappa shape index (κ2) is 8.58. The molecule has 0 aliphatic heterocycles. The molecule has 0 aliphatic rings. The zero-order valence-corrected chi connectivity index (χ0v) is 13.4. The van der Waals surface area contributed by atoms with Crippen LogP contribution in [0.25, 0.3) is 0 Å². The van der Waals surface area contributed by atoms with E-state index in [1.54, 1.807) is 6.92 Å². The van der Waals surface area contributed by atoms with Crippen molar-refractivity contribution in [1.29, 1.82) is 0 Å². The van der Waals surface area contributed by atoms with E-state index in [0.717, 1.165) is 19.6 Å². The van der Waals surface area contributed by atoms with Gasteiger partial charge in [0.2, 0.25) is 0 Å². The van der Waals surface area contributed by atoms with Crippen LogP contribution in [0.4, 0.5) is 4.79 Å². The van der Waals surface area contributed by atoms with Gasteiger partial charge in [0.05, 0.1) is 6.04 Å². The Labute approximate surface area is 128 Å². The third-order valence-corrected chi connectivity index (χ3v) is 4.09. The van der Waals surface area contributed by atoms with Crippen LogP contribution in [-0.4, -0.2) is 53.2 Å². The van der Waals surface area contributed by atoms with Crippen molar-refractivity contribution in [2.45, 2.75) is 26.8 Å². The summed E-state index contributed by atoms with van der Waals surface area (Å²) in [5, 5.41) is 16.4. The number of nitrogens with zero attached hydrogens (tertiary/aromatic N) is 2. The number of aromatic nitrogens is 1. The molecule has 2 amide bonds. The first kappa shape index (κ1) is 17.4. The minimum Gasteiger partial charge on any atom is -0.476 e. The van der Waals surface area contributed by atoms with E-state index in [4.69, 9.17) is 5.11 Å². The molecule has 21 heavy (non-hydrogen) atoms. The molecule has 0 radical (unpaired) electrons. The molecule has 0 aromatic carbocycles.